The van der Waals surface area contributed by atoms with Gasteiger partial charge in [-0.15, -0.1) is 0 Å². The second-order valence-corrected chi connectivity index (χ2v) is 5.73. The SMILES string of the molecule is CC(C)CNCc1cncc(-n2ccc(C(C)C)n2)n1. The van der Waals surface area contributed by atoms with Crippen molar-refractivity contribution in [2.45, 2.75) is 40.2 Å². The van der Waals surface area contributed by atoms with E-state index in [0.717, 1.165) is 30.3 Å². The molecule has 5 heteroatoms. The van der Waals surface area contributed by atoms with Gasteiger partial charge in [0, 0.05) is 18.9 Å². The van der Waals surface area contributed by atoms with E-state index in [4.69, 9.17) is 0 Å². The molecule has 2 aromatic heterocycles. The third-order valence-electron chi connectivity index (χ3n) is 2.97. The van der Waals surface area contributed by atoms with Crippen LogP contribution < -0.4 is 5.32 Å². The van der Waals surface area contributed by atoms with Gasteiger partial charge >= 0.3 is 0 Å². The Kier molecular flexibility index (Phi) is 4.84. The van der Waals surface area contributed by atoms with E-state index in [1.807, 2.05) is 12.3 Å². The predicted molar refractivity (Wildman–Crippen MR) is 79.8 cm³/mol. The highest BCUT2D eigenvalue weighted by Crippen LogP contribution is 2.12. The number of rotatable bonds is 6. The standard InChI is InChI=1S/C15H23N5/c1-11(2)7-16-8-13-9-17-10-15(18-13)20-6-5-14(19-20)12(3)4/h5-6,9-12,16H,7-8H2,1-4H3. The van der Waals surface area contributed by atoms with E-state index in [9.17, 15) is 0 Å². The van der Waals surface area contributed by atoms with E-state index < -0.39 is 0 Å². The Morgan fingerprint density at radius 2 is 2.00 bits per heavy atom. The van der Waals surface area contributed by atoms with Gasteiger partial charge in [0.1, 0.15) is 0 Å². The molecule has 5 nitrogen and oxygen atoms in total. The molecule has 0 aromatic carbocycles. The van der Waals surface area contributed by atoms with Crippen molar-refractivity contribution in [2.24, 2.45) is 5.92 Å². The van der Waals surface area contributed by atoms with Crippen LogP contribution in [0.1, 0.15) is 45.0 Å². The first-order chi connectivity index (χ1) is 9.56. The van der Waals surface area contributed by atoms with Crippen LogP contribution in [0.2, 0.25) is 0 Å². The lowest BCUT2D eigenvalue weighted by atomic mass is 10.1. The van der Waals surface area contributed by atoms with Crippen LogP contribution in [-0.4, -0.2) is 26.3 Å². The maximum Gasteiger partial charge on any atom is 0.172 e. The Labute approximate surface area is 120 Å². The van der Waals surface area contributed by atoms with Gasteiger partial charge in [-0.3, -0.25) is 4.98 Å². The molecule has 20 heavy (non-hydrogen) atoms. The Bertz CT molecular complexity index is 545. The topological polar surface area (TPSA) is 55.6 Å². The zero-order valence-corrected chi connectivity index (χ0v) is 12.7. The minimum atomic E-state index is 0.417. The summed E-state index contributed by atoms with van der Waals surface area (Å²) < 4.78 is 1.79. The van der Waals surface area contributed by atoms with Crippen LogP contribution in [0.5, 0.6) is 0 Å². The van der Waals surface area contributed by atoms with Crippen LogP contribution in [0.15, 0.2) is 24.7 Å². The van der Waals surface area contributed by atoms with Gasteiger partial charge in [0.15, 0.2) is 5.82 Å². The van der Waals surface area contributed by atoms with Crippen LogP contribution in [0.3, 0.4) is 0 Å². The Morgan fingerprint density at radius 3 is 2.65 bits per heavy atom. The molecular weight excluding hydrogens is 250 g/mol. The summed E-state index contributed by atoms with van der Waals surface area (Å²) in [6, 6.07) is 2.02. The molecule has 1 N–H and O–H groups in total. The Morgan fingerprint density at radius 1 is 1.20 bits per heavy atom. The molecule has 2 aromatic rings. The predicted octanol–water partition coefficient (Wildman–Crippen LogP) is 2.53. The molecule has 0 aliphatic carbocycles. The van der Waals surface area contributed by atoms with Gasteiger partial charge in [-0.05, 0) is 24.4 Å². The highest BCUT2D eigenvalue weighted by Gasteiger charge is 2.06. The van der Waals surface area contributed by atoms with Gasteiger partial charge in [-0.2, -0.15) is 5.10 Å². The van der Waals surface area contributed by atoms with E-state index in [-0.39, 0.29) is 0 Å². The molecule has 0 spiro atoms. The maximum atomic E-state index is 4.59. The van der Waals surface area contributed by atoms with Crippen molar-refractivity contribution in [1.82, 2.24) is 25.1 Å². The van der Waals surface area contributed by atoms with Crippen LogP contribution >= 0.6 is 0 Å². The summed E-state index contributed by atoms with van der Waals surface area (Å²) in [6.45, 7) is 10.3. The highest BCUT2D eigenvalue weighted by molar-refractivity contribution is 5.20. The molecule has 2 rings (SSSR count). The lowest BCUT2D eigenvalue weighted by molar-refractivity contribution is 0.547. The van der Waals surface area contributed by atoms with Crippen LogP contribution in [0, 0.1) is 5.92 Å². The second-order valence-electron chi connectivity index (χ2n) is 5.73. The number of aromatic nitrogens is 4. The van der Waals surface area contributed by atoms with Gasteiger partial charge in [0.25, 0.3) is 0 Å². The van der Waals surface area contributed by atoms with Gasteiger partial charge in [0.2, 0.25) is 0 Å². The summed E-state index contributed by atoms with van der Waals surface area (Å²) in [5, 5.41) is 7.89. The number of hydrogen-bond donors (Lipinski definition) is 1. The Balaban J connectivity index is 2.08. The van der Waals surface area contributed by atoms with Gasteiger partial charge in [-0.25, -0.2) is 9.67 Å². The molecule has 0 fully saturated rings. The average molecular weight is 273 g/mol. The molecule has 0 amide bonds. The molecule has 0 bridgehead atoms. The van der Waals surface area contributed by atoms with E-state index in [1.165, 1.54) is 0 Å². The van der Waals surface area contributed by atoms with Crippen molar-refractivity contribution in [3.8, 4) is 5.82 Å². The molecule has 0 aliphatic heterocycles. The summed E-state index contributed by atoms with van der Waals surface area (Å²) in [6.07, 6.45) is 5.47. The molecule has 0 atom stereocenters. The smallest absolute Gasteiger partial charge is 0.172 e. The largest absolute Gasteiger partial charge is 0.311 e. The monoisotopic (exact) mass is 273 g/mol. The third-order valence-corrected chi connectivity index (χ3v) is 2.97. The third kappa shape index (κ3) is 3.87. The normalized spacial score (nSPS) is 11.5. The van der Waals surface area contributed by atoms with Gasteiger partial charge in [-0.1, -0.05) is 27.7 Å². The van der Waals surface area contributed by atoms with Crippen molar-refractivity contribution >= 4 is 0 Å². The molecule has 0 unspecified atom stereocenters. The van der Waals surface area contributed by atoms with Crippen LogP contribution in [-0.2, 0) is 6.54 Å². The molecule has 0 saturated heterocycles. The van der Waals surface area contributed by atoms with E-state index in [0.29, 0.717) is 11.8 Å². The summed E-state index contributed by atoms with van der Waals surface area (Å²) in [5.41, 5.74) is 2.00. The number of hydrogen-bond acceptors (Lipinski definition) is 4. The van der Waals surface area contributed by atoms with Crippen molar-refractivity contribution in [3.63, 3.8) is 0 Å². The summed E-state index contributed by atoms with van der Waals surface area (Å²) in [5.74, 6) is 1.81. The van der Waals surface area contributed by atoms with Crippen LogP contribution in [0.25, 0.3) is 5.82 Å². The molecule has 108 valence electrons. The first-order valence-corrected chi connectivity index (χ1v) is 7.14. The number of nitrogens with one attached hydrogen (secondary N) is 1. The summed E-state index contributed by atoms with van der Waals surface area (Å²) in [4.78, 5) is 8.84. The molecule has 0 aliphatic rings. The summed E-state index contributed by atoms with van der Waals surface area (Å²) >= 11 is 0. The number of nitrogens with zero attached hydrogens (tertiary/aromatic N) is 4. The van der Waals surface area contributed by atoms with Crippen molar-refractivity contribution in [2.75, 3.05) is 6.54 Å². The zero-order valence-electron chi connectivity index (χ0n) is 12.7. The van der Waals surface area contributed by atoms with Gasteiger partial charge in [0.05, 0.1) is 17.6 Å². The molecular formula is C15H23N5. The van der Waals surface area contributed by atoms with E-state index >= 15 is 0 Å². The van der Waals surface area contributed by atoms with E-state index in [2.05, 4.69) is 48.1 Å². The van der Waals surface area contributed by atoms with Crippen molar-refractivity contribution < 1.29 is 0 Å². The van der Waals surface area contributed by atoms with Gasteiger partial charge < -0.3 is 5.32 Å². The first-order valence-electron chi connectivity index (χ1n) is 7.14. The first kappa shape index (κ1) is 14.7. The maximum absolute atomic E-state index is 4.59. The second kappa shape index (κ2) is 6.61. The minimum absolute atomic E-state index is 0.417. The molecule has 2 heterocycles. The van der Waals surface area contributed by atoms with Crippen molar-refractivity contribution in [3.05, 3.63) is 36.0 Å². The Hall–Kier alpha value is -1.75. The lowest BCUT2D eigenvalue weighted by Gasteiger charge is -2.07. The minimum Gasteiger partial charge on any atom is -0.311 e. The van der Waals surface area contributed by atoms with E-state index in [1.54, 1.807) is 17.1 Å². The highest BCUT2D eigenvalue weighted by atomic mass is 15.3. The lowest BCUT2D eigenvalue weighted by Crippen LogP contribution is -2.20. The summed E-state index contributed by atoms with van der Waals surface area (Å²) in [7, 11) is 0. The fourth-order valence-electron chi connectivity index (χ4n) is 1.85. The zero-order chi connectivity index (χ0) is 14.5. The average Bonchev–Trinajstić information content (AvgIpc) is 2.88. The quantitative estimate of drug-likeness (QED) is 0.878. The molecule has 0 radical (unpaired) electrons. The van der Waals surface area contributed by atoms with Crippen molar-refractivity contribution in [1.29, 1.82) is 0 Å². The fraction of sp³-hybridized carbons (Fsp3) is 0.533. The van der Waals surface area contributed by atoms with Crippen LogP contribution in [0.4, 0.5) is 0 Å². The molecule has 0 saturated carbocycles. The fourth-order valence-corrected chi connectivity index (χ4v) is 1.85.